The second kappa shape index (κ2) is 2.86. The monoisotopic (exact) mass is 147 g/mol. The van der Waals surface area contributed by atoms with Gasteiger partial charge in [0.15, 0.2) is 6.30 Å². The van der Waals surface area contributed by atoms with E-state index in [9.17, 15) is 9.18 Å². The van der Waals surface area contributed by atoms with E-state index in [1.807, 2.05) is 0 Å². The molecule has 0 spiro atoms. The molecule has 3 nitrogen and oxygen atoms in total. The van der Waals surface area contributed by atoms with Crippen molar-refractivity contribution in [1.29, 1.82) is 0 Å². The highest BCUT2D eigenvalue weighted by Crippen LogP contribution is 2.11. The smallest absolute Gasteiger partial charge is 0.412 e. The fraction of sp³-hybridized carbons (Fsp3) is 0.833. The van der Waals surface area contributed by atoms with Crippen LogP contribution in [0.5, 0.6) is 0 Å². The van der Waals surface area contributed by atoms with Gasteiger partial charge in [0.25, 0.3) is 0 Å². The van der Waals surface area contributed by atoms with E-state index in [1.165, 1.54) is 0 Å². The number of ether oxygens (including phenoxy) is 1. The van der Waals surface area contributed by atoms with Crippen molar-refractivity contribution in [2.24, 2.45) is 0 Å². The first kappa shape index (κ1) is 7.31. The minimum absolute atomic E-state index is 0.319. The van der Waals surface area contributed by atoms with E-state index < -0.39 is 12.4 Å². The largest absolute Gasteiger partial charge is 0.447 e. The molecule has 0 aromatic rings. The summed E-state index contributed by atoms with van der Waals surface area (Å²) in [6, 6.07) is 0. The SMILES string of the molecule is CCC(F)N1CCOC1=O. The number of alkyl halides is 1. The van der Waals surface area contributed by atoms with Gasteiger partial charge in [0.2, 0.25) is 0 Å². The average Bonchev–Trinajstić information content (AvgIpc) is 2.34. The molecule has 0 bridgehead atoms. The molecule has 1 fully saturated rings. The molecular formula is C6H10FNO2. The van der Waals surface area contributed by atoms with Gasteiger partial charge in [0.1, 0.15) is 6.61 Å². The molecule has 0 radical (unpaired) electrons. The molecule has 1 saturated heterocycles. The minimum Gasteiger partial charge on any atom is -0.447 e. The highest BCUT2D eigenvalue weighted by atomic mass is 19.1. The lowest BCUT2D eigenvalue weighted by Gasteiger charge is -2.15. The molecule has 0 aromatic carbocycles. The second-order valence-corrected chi connectivity index (χ2v) is 2.15. The first-order chi connectivity index (χ1) is 4.75. The quantitative estimate of drug-likeness (QED) is 0.548. The van der Waals surface area contributed by atoms with E-state index in [4.69, 9.17) is 0 Å². The lowest BCUT2D eigenvalue weighted by atomic mass is 10.4. The first-order valence-electron chi connectivity index (χ1n) is 3.33. The number of nitrogens with zero attached hydrogens (tertiary/aromatic N) is 1. The Morgan fingerprint density at radius 2 is 2.60 bits per heavy atom. The molecule has 0 aromatic heterocycles. The van der Waals surface area contributed by atoms with Gasteiger partial charge < -0.3 is 4.74 Å². The Bertz CT molecular complexity index is 140. The van der Waals surface area contributed by atoms with Crippen molar-refractivity contribution in [3.05, 3.63) is 0 Å². The van der Waals surface area contributed by atoms with E-state index in [0.29, 0.717) is 19.6 Å². The third-order valence-corrected chi connectivity index (χ3v) is 1.47. The van der Waals surface area contributed by atoms with Crippen LogP contribution in [-0.4, -0.2) is 30.4 Å². The van der Waals surface area contributed by atoms with Crippen molar-refractivity contribution in [3.8, 4) is 0 Å². The Labute approximate surface area is 58.8 Å². The van der Waals surface area contributed by atoms with Crippen molar-refractivity contribution in [3.63, 3.8) is 0 Å². The summed E-state index contributed by atoms with van der Waals surface area (Å²) in [5.74, 6) is 0. The Balaban J connectivity index is 2.46. The number of carbonyl (C=O) groups excluding carboxylic acids is 1. The van der Waals surface area contributed by atoms with E-state index in [2.05, 4.69) is 4.74 Å². The zero-order valence-corrected chi connectivity index (χ0v) is 5.84. The number of carbonyl (C=O) groups is 1. The van der Waals surface area contributed by atoms with Crippen LogP contribution >= 0.6 is 0 Å². The first-order valence-corrected chi connectivity index (χ1v) is 3.33. The molecule has 1 atom stereocenters. The predicted molar refractivity (Wildman–Crippen MR) is 33.2 cm³/mol. The topological polar surface area (TPSA) is 29.5 Å². The van der Waals surface area contributed by atoms with Crippen LogP contribution in [0.4, 0.5) is 9.18 Å². The van der Waals surface area contributed by atoms with Crippen LogP contribution in [-0.2, 0) is 4.74 Å². The molecule has 10 heavy (non-hydrogen) atoms. The Kier molecular flexibility index (Phi) is 2.09. The number of cyclic esters (lactones) is 1. The summed E-state index contributed by atoms with van der Waals surface area (Å²) in [5, 5.41) is 0. The zero-order chi connectivity index (χ0) is 7.56. The summed E-state index contributed by atoms with van der Waals surface area (Å²) in [6.45, 7) is 2.39. The number of hydrogen-bond acceptors (Lipinski definition) is 2. The van der Waals surface area contributed by atoms with Crippen molar-refractivity contribution in [2.45, 2.75) is 19.6 Å². The highest BCUT2D eigenvalue weighted by Gasteiger charge is 2.27. The molecule has 0 N–H and O–H groups in total. The Hall–Kier alpha value is -0.800. The maximum Gasteiger partial charge on any atom is 0.412 e. The van der Waals surface area contributed by atoms with Gasteiger partial charge in [-0.2, -0.15) is 0 Å². The van der Waals surface area contributed by atoms with Crippen molar-refractivity contribution in [2.75, 3.05) is 13.2 Å². The van der Waals surface area contributed by atoms with Gasteiger partial charge in [-0.1, -0.05) is 6.92 Å². The summed E-state index contributed by atoms with van der Waals surface area (Å²) in [7, 11) is 0. The normalized spacial score (nSPS) is 21.0. The summed E-state index contributed by atoms with van der Waals surface area (Å²) < 4.78 is 17.2. The van der Waals surface area contributed by atoms with E-state index in [1.54, 1.807) is 6.92 Å². The lowest BCUT2D eigenvalue weighted by Crippen LogP contribution is -2.32. The third kappa shape index (κ3) is 1.20. The van der Waals surface area contributed by atoms with E-state index >= 15 is 0 Å². The van der Waals surface area contributed by atoms with Gasteiger partial charge in [-0.25, -0.2) is 9.18 Å². The van der Waals surface area contributed by atoms with Gasteiger partial charge >= 0.3 is 6.09 Å². The van der Waals surface area contributed by atoms with Gasteiger partial charge in [0.05, 0.1) is 6.54 Å². The van der Waals surface area contributed by atoms with Crippen LogP contribution in [0.25, 0.3) is 0 Å². The zero-order valence-electron chi connectivity index (χ0n) is 5.84. The molecule has 1 aliphatic rings. The average molecular weight is 147 g/mol. The third-order valence-electron chi connectivity index (χ3n) is 1.47. The second-order valence-electron chi connectivity index (χ2n) is 2.15. The van der Waals surface area contributed by atoms with Crippen LogP contribution in [0, 0.1) is 0 Å². The molecule has 58 valence electrons. The van der Waals surface area contributed by atoms with Crippen molar-refractivity contribution < 1.29 is 13.9 Å². The van der Waals surface area contributed by atoms with Crippen LogP contribution in [0.2, 0.25) is 0 Å². The van der Waals surface area contributed by atoms with Gasteiger partial charge in [0, 0.05) is 0 Å². The number of hydrogen-bond donors (Lipinski definition) is 0. The molecular weight excluding hydrogens is 137 g/mol. The van der Waals surface area contributed by atoms with Gasteiger partial charge in [-0.05, 0) is 6.42 Å². The maximum absolute atomic E-state index is 12.7. The summed E-state index contributed by atoms with van der Waals surface area (Å²) in [4.78, 5) is 11.7. The fourth-order valence-corrected chi connectivity index (χ4v) is 0.880. The molecule has 1 rings (SSSR count). The molecule has 0 saturated carbocycles. The molecule has 1 amide bonds. The number of rotatable bonds is 2. The number of amides is 1. The van der Waals surface area contributed by atoms with Gasteiger partial charge in [-0.15, -0.1) is 0 Å². The molecule has 0 aliphatic carbocycles. The fourth-order valence-electron chi connectivity index (χ4n) is 0.880. The summed E-state index contributed by atoms with van der Waals surface area (Å²) in [5.41, 5.74) is 0. The minimum atomic E-state index is -1.17. The molecule has 4 heteroatoms. The summed E-state index contributed by atoms with van der Waals surface area (Å²) >= 11 is 0. The lowest BCUT2D eigenvalue weighted by molar-refractivity contribution is 0.103. The van der Waals surface area contributed by atoms with Crippen LogP contribution in [0.3, 0.4) is 0 Å². The van der Waals surface area contributed by atoms with Crippen molar-refractivity contribution in [1.82, 2.24) is 4.90 Å². The Morgan fingerprint density at radius 3 is 3.00 bits per heavy atom. The van der Waals surface area contributed by atoms with E-state index in [-0.39, 0.29) is 0 Å². The molecule has 1 unspecified atom stereocenters. The maximum atomic E-state index is 12.7. The molecule has 1 aliphatic heterocycles. The van der Waals surface area contributed by atoms with E-state index in [0.717, 1.165) is 4.90 Å². The number of halogens is 1. The van der Waals surface area contributed by atoms with Gasteiger partial charge in [-0.3, -0.25) is 4.90 Å². The highest BCUT2D eigenvalue weighted by molar-refractivity contribution is 5.69. The van der Waals surface area contributed by atoms with Crippen LogP contribution < -0.4 is 0 Å². The Morgan fingerprint density at radius 1 is 1.90 bits per heavy atom. The predicted octanol–water partition coefficient (Wildman–Crippen LogP) is 1.14. The van der Waals surface area contributed by atoms with Crippen LogP contribution in [0.1, 0.15) is 13.3 Å². The summed E-state index contributed by atoms with van der Waals surface area (Å²) in [6.07, 6.45) is -1.38. The molecule has 1 heterocycles. The van der Waals surface area contributed by atoms with Crippen molar-refractivity contribution >= 4 is 6.09 Å². The standard InChI is InChI=1S/C6H10FNO2/c1-2-5(7)8-3-4-10-6(8)9/h5H,2-4H2,1H3. The van der Waals surface area contributed by atoms with Crippen LogP contribution in [0.15, 0.2) is 0 Å².